The molecule has 4 aliphatic rings. The number of rotatable bonds is 1. The normalized spacial score (nSPS) is 50.6. The summed E-state index contributed by atoms with van der Waals surface area (Å²) in [5.41, 5.74) is -0.337. The summed E-state index contributed by atoms with van der Waals surface area (Å²) in [5.74, 6) is 3.24. The molecule has 0 heterocycles. The molecule has 0 saturated heterocycles. The molecule has 134 valence electrons. The van der Waals surface area contributed by atoms with E-state index in [-0.39, 0.29) is 11.5 Å². The molecule has 4 rings (SSSR count). The number of ether oxygens (including phenoxy) is 1. The molecule has 0 aliphatic heterocycles. The fourth-order valence-corrected chi connectivity index (χ4v) is 7.35. The third-order valence-electron chi connectivity index (χ3n) is 8.59. The van der Waals surface area contributed by atoms with E-state index in [1.54, 1.807) is 0 Å². The van der Waals surface area contributed by atoms with Crippen LogP contribution in [0.25, 0.3) is 0 Å². The largest absolute Gasteiger partial charge is 0.450 e. The van der Waals surface area contributed by atoms with Crippen molar-refractivity contribution in [1.29, 1.82) is 0 Å². The number of carbonyl (C=O) groups excluding carboxylic acids is 2. The lowest BCUT2D eigenvalue weighted by atomic mass is 9.45. The summed E-state index contributed by atoms with van der Waals surface area (Å²) in [6, 6.07) is 0. The van der Waals surface area contributed by atoms with Gasteiger partial charge in [-0.2, -0.15) is 0 Å². The Morgan fingerprint density at radius 2 is 1.88 bits per heavy atom. The maximum Gasteiger partial charge on any atom is 0.404 e. The van der Waals surface area contributed by atoms with Gasteiger partial charge in [0.1, 0.15) is 11.9 Å². The first-order valence-electron chi connectivity index (χ1n) is 9.74. The molecule has 4 fully saturated rings. The minimum atomic E-state index is -0.657. The summed E-state index contributed by atoms with van der Waals surface area (Å²) in [6.45, 7) is 4.72. The van der Waals surface area contributed by atoms with Crippen LogP contribution in [0.4, 0.5) is 4.79 Å². The van der Waals surface area contributed by atoms with E-state index < -0.39 is 5.43 Å². The van der Waals surface area contributed by atoms with Crippen LogP contribution in [0.3, 0.4) is 0 Å². The van der Waals surface area contributed by atoms with Gasteiger partial charge >= 0.3 is 5.43 Å². The Labute approximate surface area is 149 Å². The molecule has 0 bridgehead atoms. The minimum absolute atomic E-state index is 0.00606. The number of carbonyl (C=O) groups is 2. The number of ketones is 1. The molecule has 0 radical (unpaired) electrons. The molecule has 0 amide bonds. The highest BCUT2D eigenvalue weighted by molar-refractivity contribution is 6.61. The van der Waals surface area contributed by atoms with Crippen molar-refractivity contribution in [3.05, 3.63) is 0 Å². The molecule has 4 heteroatoms. The van der Waals surface area contributed by atoms with E-state index in [0.717, 1.165) is 50.4 Å². The van der Waals surface area contributed by atoms with Crippen molar-refractivity contribution in [2.45, 2.75) is 77.7 Å². The predicted molar refractivity (Wildman–Crippen MR) is 92.9 cm³/mol. The van der Waals surface area contributed by atoms with Gasteiger partial charge < -0.3 is 4.74 Å². The Kier molecular flexibility index (Phi) is 4.02. The van der Waals surface area contributed by atoms with E-state index in [1.165, 1.54) is 19.3 Å². The van der Waals surface area contributed by atoms with Crippen LogP contribution in [0, 0.1) is 34.5 Å². The van der Waals surface area contributed by atoms with Crippen LogP contribution in [0.15, 0.2) is 0 Å². The maximum atomic E-state index is 12.5. The van der Waals surface area contributed by atoms with E-state index in [1.807, 2.05) is 0 Å². The second-order valence-electron chi connectivity index (χ2n) is 9.33. The summed E-state index contributed by atoms with van der Waals surface area (Å²) >= 11 is 5.43. The third-order valence-corrected chi connectivity index (χ3v) is 8.68. The molecule has 24 heavy (non-hydrogen) atoms. The first-order valence-corrected chi connectivity index (χ1v) is 10.1. The van der Waals surface area contributed by atoms with Crippen molar-refractivity contribution in [3.63, 3.8) is 0 Å². The van der Waals surface area contributed by atoms with Gasteiger partial charge in [-0.1, -0.05) is 13.8 Å². The van der Waals surface area contributed by atoms with E-state index in [4.69, 9.17) is 16.3 Å². The summed E-state index contributed by atoms with van der Waals surface area (Å²) in [6.07, 6.45) is 9.72. The molecule has 0 aromatic heterocycles. The Bertz CT molecular complexity index is 561. The summed E-state index contributed by atoms with van der Waals surface area (Å²) in [4.78, 5) is 23.5. The van der Waals surface area contributed by atoms with Crippen molar-refractivity contribution >= 4 is 22.8 Å². The van der Waals surface area contributed by atoms with Gasteiger partial charge in [0.2, 0.25) is 0 Å². The SMILES string of the molecule is C[C@]12CC[C@H](OC(=O)Cl)C[C@@H]1CC[C@@H]1[C@@H]2CC[C@]2(C)C(=O)CC[C@@H]12. The second-order valence-corrected chi connectivity index (χ2v) is 9.64. The monoisotopic (exact) mass is 352 g/mol. The van der Waals surface area contributed by atoms with Crippen molar-refractivity contribution < 1.29 is 14.3 Å². The van der Waals surface area contributed by atoms with Crippen LogP contribution >= 0.6 is 11.6 Å². The average Bonchev–Trinajstić information content (AvgIpc) is 2.83. The molecule has 4 aliphatic carbocycles. The van der Waals surface area contributed by atoms with Crippen LogP contribution in [0.2, 0.25) is 0 Å². The van der Waals surface area contributed by atoms with Crippen molar-refractivity contribution in [3.8, 4) is 0 Å². The topological polar surface area (TPSA) is 43.4 Å². The molecule has 3 nitrogen and oxygen atoms in total. The van der Waals surface area contributed by atoms with Gasteiger partial charge in [0.15, 0.2) is 0 Å². The average molecular weight is 353 g/mol. The van der Waals surface area contributed by atoms with E-state index in [9.17, 15) is 9.59 Å². The van der Waals surface area contributed by atoms with Crippen LogP contribution in [-0.4, -0.2) is 17.3 Å². The van der Waals surface area contributed by atoms with Gasteiger partial charge in [-0.05, 0) is 80.5 Å². The lowest BCUT2D eigenvalue weighted by molar-refractivity contribution is -0.142. The highest BCUT2D eigenvalue weighted by Gasteiger charge is 2.60. The summed E-state index contributed by atoms with van der Waals surface area (Å²) in [7, 11) is 0. The number of Topliss-reactive ketones (excluding diaryl/α,β-unsaturated/α-hetero) is 1. The number of halogens is 1. The van der Waals surface area contributed by atoms with Crippen molar-refractivity contribution in [2.24, 2.45) is 34.5 Å². The second kappa shape index (κ2) is 5.72. The van der Waals surface area contributed by atoms with Crippen molar-refractivity contribution in [2.75, 3.05) is 0 Å². The Morgan fingerprint density at radius 3 is 2.62 bits per heavy atom. The molecular weight excluding hydrogens is 324 g/mol. The summed E-state index contributed by atoms with van der Waals surface area (Å²) in [5, 5.41) is 0. The van der Waals surface area contributed by atoms with E-state index in [2.05, 4.69) is 13.8 Å². The minimum Gasteiger partial charge on any atom is -0.450 e. The first kappa shape index (κ1) is 16.9. The van der Waals surface area contributed by atoms with E-state index in [0.29, 0.717) is 23.0 Å². The van der Waals surface area contributed by atoms with Crippen LogP contribution in [0.5, 0.6) is 0 Å². The third kappa shape index (κ3) is 2.37. The maximum absolute atomic E-state index is 12.5. The summed E-state index contributed by atoms with van der Waals surface area (Å²) < 4.78 is 5.30. The van der Waals surface area contributed by atoms with Gasteiger partial charge in [0, 0.05) is 23.4 Å². The molecule has 0 aromatic rings. The molecule has 7 atom stereocenters. The highest BCUT2D eigenvalue weighted by Crippen LogP contribution is 2.65. The van der Waals surface area contributed by atoms with Gasteiger partial charge in [-0.3, -0.25) is 4.79 Å². The molecule has 0 unspecified atom stereocenters. The fourth-order valence-electron chi connectivity index (χ4n) is 7.23. The Balaban J connectivity index is 1.54. The molecule has 0 spiro atoms. The quantitative estimate of drug-likeness (QED) is 0.598. The number of fused-ring (bicyclic) bond motifs is 5. The highest BCUT2D eigenvalue weighted by atomic mass is 35.5. The molecular formula is C20H29ClO3. The van der Waals surface area contributed by atoms with E-state index >= 15 is 0 Å². The van der Waals surface area contributed by atoms with Gasteiger partial charge in [-0.25, -0.2) is 4.79 Å². The standard InChI is InChI=1S/C20H29ClO3/c1-19-9-7-13(24-18(21)23)11-12(19)3-4-14-15-5-6-17(22)20(15,2)10-8-16(14)19/h12-16H,3-11H2,1-2H3/t12-,13-,14-,15-,16-,19-,20-/m0/s1. The van der Waals surface area contributed by atoms with Crippen LogP contribution in [-0.2, 0) is 9.53 Å². The molecule has 0 aromatic carbocycles. The van der Waals surface area contributed by atoms with Crippen LogP contribution < -0.4 is 0 Å². The molecule has 4 saturated carbocycles. The lowest BCUT2D eigenvalue weighted by Crippen LogP contribution is -2.54. The van der Waals surface area contributed by atoms with Gasteiger partial charge in [-0.15, -0.1) is 0 Å². The first-order chi connectivity index (χ1) is 11.3. The zero-order valence-corrected chi connectivity index (χ0v) is 15.6. The van der Waals surface area contributed by atoms with Crippen molar-refractivity contribution in [1.82, 2.24) is 0 Å². The molecule has 0 N–H and O–H groups in total. The smallest absolute Gasteiger partial charge is 0.404 e. The lowest BCUT2D eigenvalue weighted by Gasteiger charge is -2.60. The number of hydrogen-bond acceptors (Lipinski definition) is 3. The Hall–Kier alpha value is -0.570. The fraction of sp³-hybridized carbons (Fsp3) is 0.900. The zero-order valence-electron chi connectivity index (χ0n) is 14.9. The zero-order chi connectivity index (χ0) is 17.1. The number of hydrogen-bond donors (Lipinski definition) is 0. The van der Waals surface area contributed by atoms with Gasteiger partial charge in [0.25, 0.3) is 0 Å². The van der Waals surface area contributed by atoms with Gasteiger partial charge in [0.05, 0.1) is 0 Å². The predicted octanol–water partition coefficient (Wildman–Crippen LogP) is 5.34. The Morgan fingerprint density at radius 1 is 1.08 bits per heavy atom. The van der Waals surface area contributed by atoms with Crippen LogP contribution in [0.1, 0.15) is 71.6 Å².